The van der Waals surface area contributed by atoms with E-state index >= 15 is 0 Å². The summed E-state index contributed by atoms with van der Waals surface area (Å²) < 4.78 is 79.6. The molecule has 0 aliphatic heterocycles. The molecule has 200 valence electrons. The minimum atomic E-state index is -5.03. The summed E-state index contributed by atoms with van der Waals surface area (Å²) in [6.45, 7) is 5.38. The van der Waals surface area contributed by atoms with Crippen LogP contribution in [0.25, 0.3) is 6.08 Å². The Bertz CT molecular complexity index is 1200. The third kappa shape index (κ3) is 6.64. The molecule has 0 aromatic heterocycles. The molecule has 1 aliphatic rings. The normalized spacial score (nSPS) is 16.9. The summed E-state index contributed by atoms with van der Waals surface area (Å²) in [6.07, 6.45) is -7.60. The first-order chi connectivity index (χ1) is 17.0. The van der Waals surface area contributed by atoms with Crippen LogP contribution in [0.1, 0.15) is 67.1 Å². The highest BCUT2D eigenvalue weighted by molar-refractivity contribution is 5.92. The number of carbonyl (C=O) groups excluding carboxylic acids is 1. The molecule has 2 aromatic rings. The fourth-order valence-electron chi connectivity index (χ4n) is 4.49. The Hall–Kier alpha value is -3.50. The third-order valence-corrected chi connectivity index (χ3v) is 6.04. The van der Waals surface area contributed by atoms with Crippen molar-refractivity contribution in [1.29, 1.82) is 0 Å². The highest BCUT2D eigenvalue weighted by Gasteiger charge is 2.43. The van der Waals surface area contributed by atoms with Crippen molar-refractivity contribution in [1.82, 2.24) is 10.2 Å². The molecule has 11 heteroatoms. The second-order valence-corrected chi connectivity index (χ2v) is 9.78. The van der Waals surface area contributed by atoms with Gasteiger partial charge in [0.15, 0.2) is 6.04 Å². The summed E-state index contributed by atoms with van der Waals surface area (Å²) in [5.41, 5.74) is -0.442. The molecule has 0 radical (unpaired) electrons. The molecule has 37 heavy (non-hydrogen) atoms. The quantitative estimate of drug-likeness (QED) is 0.328. The minimum Gasteiger partial charge on any atom is -0.465 e. The maximum absolute atomic E-state index is 13.6. The Morgan fingerprint density at radius 1 is 1.05 bits per heavy atom. The Morgan fingerprint density at radius 3 is 2.30 bits per heavy atom. The predicted molar refractivity (Wildman–Crippen MR) is 125 cm³/mol. The van der Waals surface area contributed by atoms with E-state index < -0.39 is 47.1 Å². The van der Waals surface area contributed by atoms with Crippen LogP contribution in [0.5, 0.6) is 0 Å². The lowest BCUT2D eigenvalue weighted by molar-refractivity contribution is -0.162. The Labute approximate surface area is 209 Å². The van der Waals surface area contributed by atoms with E-state index in [4.69, 9.17) is 0 Å². The molecule has 0 heterocycles. The fourth-order valence-corrected chi connectivity index (χ4v) is 4.49. The van der Waals surface area contributed by atoms with Crippen molar-refractivity contribution < 1.29 is 41.0 Å². The lowest BCUT2D eigenvalue weighted by Gasteiger charge is -2.38. The number of nitrogens with one attached hydrogen (secondary N) is 1. The molecule has 2 N–H and O–H groups in total. The van der Waals surface area contributed by atoms with Crippen molar-refractivity contribution in [2.24, 2.45) is 0 Å². The molecule has 5 nitrogen and oxygen atoms in total. The van der Waals surface area contributed by atoms with Crippen molar-refractivity contribution in [3.8, 4) is 0 Å². The average Bonchev–Trinajstić information content (AvgIpc) is 3.16. The summed E-state index contributed by atoms with van der Waals surface area (Å²) in [4.78, 5) is 25.5. The lowest BCUT2D eigenvalue weighted by Crippen LogP contribution is -2.46. The SMILES string of the molecule is CC(C)(C)N(C(=O)O)C1CCc2cc(/C=C/C(=O)NC(c3cccc(C(F)(F)F)c3)C(F)(F)F)ccc21. The maximum Gasteiger partial charge on any atom is 0.416 e. The molecular weight excluding hydrogens is 502 g/mol. The maximum atomic E-state index is 13.6. The zero-order chi connectivity index (χ0) is 27.8. The molecule has 0 spiro atoms. The van der Waals surface area contributed by atoms with Crippen LogP contribution in [-0.4, -0.2) is 33.7 Å². The van der Waals surface area contributed by atoms with Crippen molar-refractivity contribution in [3.63, 3.8) is 0 Å². The number of aryl methyl sites for hydroxylation is 1. The molecule has 0 saturated heterocycles. The van der Waals surface area contributed by atoms with Crippen LogP contribution in [0.2, 0.25) is 0 Å². The van der Waals surface area contributed by atoms with Gasteiger partial charge in [-0.15, -0.1) is 0 Å². The molecule has 2 unspecified atom stereocenters. The van der Waals surface area contributed by atoms with Gasteiger partial charge in [0.2, 0.25) is 5.91 Å². The Balaban J connectivity index is 1.78. The Morgan fingerprint density at radius 2 is 1.73 bits per heavy atom. The lowest BCUT2D eigenvalue weighted by atomic mass is 9.98. The van der Waals surface area contributed by atoms with Crippen LogP contribution in [0.3, 0.4) is 0 Å². The molecule has 2 atom stereocenters. The van der Waals surface area contributed by atoms with Crippen molar-refractivity contribution in [2.45, 2.75) is 63.6 Å². The number of fused-ring (bicyclic) bond motifs is 1. The molecule has 3 rings (SSSR count). The van der Waals surface area contributed by atoms with Gasteiger partial charge in [0.05, 0.1) is 11.6 Å². The van der Waals surface area contributed by atoms with E-state index in [1.807, 2.05) is 0 Å². The van der Waals surface area contributed by atoms with E-state index in [0.717, 1.165) is 29.3 Å². The van der Waals surface area contributed by atoms with Gasteiger partial charge in [-0.25, -0.2) is 4.79 Å². The summed E-state index contributed by atoms with van der Waals surface area (Å²) >= 11 is 0. The summed E-state index contributed by atoms with van der Waals surface area (Å²) in [5, 5.41) is 11.4. The first-order valence-electron chi connectivity index (χ1n) is 11.4. The van der Waals surface area contributed by atoms with Gasteiger partial charge in [-0.2, -0.15) is 26.3 Å². The smallest absolute Gasteiger partial charge is 0.416 e. The van der Waals surface area contributed by atoms with Crippen molar-refractivity contribution >= 4 is 18.1 Å². The number of carbonyl (C=O) groups is 2. The highest BCUT2D eigenvalue weighted by Crippen LogP contribution is 2.40. The first-order valence-corrected chi connectivity index (χ1v) is 11.4. The number of amides is 2. The summed E-state index contributed by atoms with van der Waals surface area (Å²) in [7, 11) is 0. The molecule has 1 aliphatic carbocycles. The van der Waals surface area contributed by atoms with Gasteiger partial charge in [-0.05, 0) is 74.1 Å². The third-order valence-electron chi connectivity index (χ3n) is 6.04. The predicted octanol–water partition coefficient (Wildman–Crippen LogP) is 6.90. The standard InChI is InChI=1S/C26H26F6N2O3/c1-24(2,3)34(23(36)37)20-11-9-16-13-15(7-10-19(16)20)8-12-21(35)33-22(26(30,31)32)17-5-4-6-18(14-17)25(27,28)29/h4-8,10,12-14,20,22H,9,11H2,1-3H3,(H,33,35)(H,36,37)/b12-8+. The average molecular weight is 528 g/mol. The number of halogens is 6. The fraction of sp³-hybridized carbons (Fsp3) is 0.385. The van der Waals surface area contributed by atoms with Crippen LogP contribution in [0, 0.1) is 0 Å². The number of rotatable bonds is 5. The van der Waals surface area contributed by atoms with E-state index in [1.165, 1.54) is 11.0 Å². The zero-order valence-corrected chi connectivity index (χ0v) is 20.2. The second-order valence-electron chi connectivity index (χ2n) is 9.78. The molecule has 0 saturated carbocycles. The molecule has 0 fully saturated rings. The van der Waals surface area contributed by atoms with Gasteiger partial charge in [0.25, 0.3) is 0 Å². The molecule has 0 bridgehead atoms. The van der Waals surface area contributed by atoms with Crippen LogP contribution in [0.15, 0.2) is 48.5 Å². The van der Waals surface area contributed by atoms with E-state index in [-0.39, 0.29) is 6.04 Å². The van der Waals surface area contributed by atoms with E-state index in [0.29, 0.717) is 30.5 Å². The van der Waals surface area contributed by atoms with Crippen LogP contribution >= 0.6 is 0 Å². The van der Waals surface area contributed by atoms with Gasteiger partial charge >= 0.3 is 18.4 Å². The molecule has 2 aromatic carbocycles. The van der Waals surface area contributed by atoms with Crippen LogP contribution in [0.4, 0.5) is 31.1 Å². The van der Waals surface area contributed by atoms with Gasteiger partial charge in [0.1, 0.15) is 0 Å². The Kier molecular flexibility index (Phi) is 7.67. The van der Waals surface area contributed by atoms with Gasteiger partial charge in [-0.1, -0.05) is 30.3 Å². The zero-order valence-electron chi connectivity index (χ0n) is 20.2. The number of hydrogen-bond donors (Lipinski definition) is 2. The van der Waals surface area contributed by atoms with Gasteiger partial charge < -0.3 is 10.4 Å². The highest BCUT2D eigenvalue weighted by atomic mass is 19.4. The minimum absolute atomic E-state index is 0.353. The number of nitrogens with zero attached hydrogens (tertiary/aromatic N) is 1. The van der Waals surface area contributed by atoms with Crippen LogP contribution < -0.4 is 5.32 Å². The van der Waals surface area contributed by atoms with E-state index in [1.54, 1.807) is 44.3 Å². The van der Waals surface area contributed by atoms with Crippen molar-refractivity contribution in [2.75, 3.05) is 0 Å². The largest absolute Gasteiger partial charge is 0.465 e. The molecule has 2 amide bonds. The van der Waals surface area contributed by atoms with E-state index in [9.17, 15) is 41.0 Å². The number of carboxylic acid groups (broad SMARTS) is 1. The molecular formula is C26H26F6N2O3. The number of hydrogen-bond acceptors (Lipinski definition) is 2. The number of alkyl halides is 6. The van der Waals surface area contributed by atoms with Crippen molar-refractivity contribution in [3.05, 3.63) is 76.4 Å². The topological polar surface area (TPSA) is 69.6 Å². The van der Waals surface area contributed by atoms with Gasteiger partial charge in [-0.3, -0.25) is 9.69 Å². The van der Waals surface area contributed by atoms with E-state index in [2.05, 4.69) is 0 Å². The second kappa shape index (κ2) is 10.1. The van der Waals surface area contributed by atoms with Gasteiger partial charge in [0, 0.05) is 11.6 Å². The first kappa shape index (κ1) is 28.1. The van der Waals surface area contributed by atoms with Crippen LogP contribution in [-0.2, 0) is 17.4 Å². The summed E-state index contributed by atoms with van der Waals surface area (Å²) in [6, 6.07) is 4.82. The monoisotopic (exact) mass is 528 g/mol. The summed E-state index contributed by atoms with van der Waals surface area (Å²) in [5.74, 6) is -1.14. The number of benzene rings is 2.